The summed E-state index contributed by atoms with van der Waals surface area (Å²) in [6.45, 7) is 3.01. The highest BCUT2D eigenvalue weighted by Crippen LogP contribution is 2.69. The van der Waals surface area contributed by atoms with Crippen LogP contribution >= 0.6 is 11.6 Å². The SMILES string of the molecule is CN1CC[C@]23c4c5ccc(O)c4O[C@H]2[C@@H](O)C=C[C@H]3[C@H]1C5.Oc1ccc2c3c1O[C@H]1c4ncc(-c5ccc(Cl)cc5)cc4C[C@@]4(O)[C@H](C2)N(CC2CC2)CC[C@]314. The summed E-state index contributed by atoms with van der Waals surface area (Å²) in [6, 6.07) is 18.0. The van der Waals surface area contributed by atoms with Gasteiger partial charge in [-0.1, -0.05) is 48.0 Å². The molecule has 9 nitrogen and oxygen atoms in total. The Morgan fingerprint density at radius 3 is 2.38 bits per heavy atom. The van der Waals surface area contributed by atoms with Crippen LogP contribution in [0, 0.1) is 11.8 Å². The van der Waals surface area contributed by atoms with Gasteiger partial charge in [-0.05, 0) is 117 Å². The van der Waals surface area contributed by atoms with Crippen LogP contribution in [0.1, 0.15) is 65.3 Å². The van der Waals surface area contributed by atoms with Gasteiger partial charge in [0.1, 0.15) is 12.2 Å². The second kappa shape index (κ2) is 11.5. The number of hydrogen-bond acceptors (Lipinski definition) is 9. The molecule has 4 aliphatic heterocycles. The summed E-state index contributed by atoms with van der Waals surface area (Å²) >= 11 is 6.11. The largest absolute Gasteiger partial charge is 0.504 e. The molecule has 5 aliphatic carbocycles. The Hall–Kier alpha value is -4.12. The molecule has 10 heteroatoms. The number of ether oxygens (including phenoxy) is 2. The topological polar surface area (TPSA) is 119 Å². The van der Waals surface area contributed by atoms with Crippen LogP contribution in [0.15, 0.2) is 72.9 Å². The monoisotopic (exact) mass is 771 g/mol. The smallest absolute Gasteiger partial charge is 0.166 e. The van der Waals surface area contributed by atoms with E-state index in [2.05, 4.69) is 29.0 Å². The van der Waals surface area contributed by atoms with Crippen LogP contribution in [0.3, 0.4) is 0 Å². The van der Waals surface area contributed by atoms with E-state index in [1.165, 1.54) is 29.5 Å². The molecule has 0 radical (unpaired) electrons. The molecular weight excluding hydrogens is 726 g/mol. The van der Waals surface area contributed by atoms with Gasteiger partial charge in [-0.3, -0.25) is 9.88 Å². The number of aliphatic hydroxyl groups is 2. The van der Waals surface area contributed by atoms with Crippen molar-refractivity contribution in [3.63, 3.8) is 0 Å². The lowest BCUT2D eigenvalue weighted by molar-refractivity contribution is -0.173. The zero-order chi connectivity index (χ0) is 37.9. The number of aliphatic hydroxyl groups excluding tert-OH is 1. The molecule has 0 unspecified atom stereocenters. The van der Waals surface area contributed by atoms with Crippen molar-refractivity contribution in [3.8, 4) is 34.1 Å². The van der Waals surface area contributed by atoms with Crippen LogP contribution in [0.4, 0.5) is 0 Å². The molecule has 9 aliphatic rings. The molecule has 56 heavy (non-hydrogen) atoms. The van der Waals surface area contributed by atoms with E-state index in [0.29, 0.717) is 34.9 Å². The molecule has 1 aromatic heterocycles. The van der Waals surface area contributed by atoms with E-state index in [-0.39, 0.29) is 29.1 Å². The Morgan fingerprint density at radius 1 is 0.857 bits per heavy atom. The summed E-state index contributed by atoms with van der Waals surface area (Å²) in [5, 5.41) is 44.9. The number of piperidine rings is 2. The lowest BCUT2D eigenvalue weighted by Gasteiger charge is -2.63. The van der Waals surface area contributed by atoms with E-state index in [1.54, 1.807) is 12.1 Å². The van der Waals surface area contributed by atoms with Crippen molar-refractivity contribution in [2.75, 3.05) is 26.7 Å². The fraction of sp³-hybridized carbons (Fsp3) is 0.457. The summed E-state index contributed by atoms with van der Waals surface area (Å²) < 4.78 is 12.7. The first-order chi connectivity index (χ1) is 27.1. The molecule has 2 spiro atoms. The van der Waals surface area contributed by atoms with Gasteiger partial charge >= 0.3 is 0 Å². The Bertz CT molecular complexity index is 2370. The third-order valence-electron chi connectivity index (χ3n) is 15.6. The predicted molar refractivity (Wildman–Crippen MR) is 210 cm³/mol. The molecule has 9 atom stereocenters. The zero-order valence-corrected chi connectivity index (χ0v) is 32.1. The summed E-state index contributed by atoms with van der Waals surface area (Å²) in [5.74, 6) is 2.66. The van der Waals surface area contributed by atoms with Gasteiger partial charge in [0.25, 0.3) is 0 Å². The predicted octanol–water partition coefficient (Wildman–Crippen LogP) is 6.00. The van der Waals surface area contributed by atoms with Gasteiger partial charge in [-0.25, -0.2) is 0 Å². The van der Waals surface area contributed by atoms with E-state index >= 15 is 0 Å². The molecule has 1 saturated carbocycles. The highest BCUT2D eigenvalue weighted by atomic mass is 35.5. The summed E-state index contributed by atoms with van der Waals surface area (Å²) in [6.07, 6.45) is 11.4. The van der Waals surface area contributed by atoms with Crippen molar-refractivity contribution in [3.05, 3.63) is 111 Å². The maximum absolute atomic E-state index is 12.8. The van der Waals surface area contributed by atoms with Gasteiger partial charge < -0.3 is 34.8 Å². The zero-order valence-electron chi connectivity index (χ0n) is 31.4. The van der Waals surface area contributed by atoms with Crippen molar-refractivity contribution in [2.24, 2.45) is 11.8 Å². The molecule has 0 amide bonds. The number of rotatable bonds is 3. The van der Waals surface area contributed by atoms with E-state index in [0.717, 1.165) is 79.2 Å². The number of pyridine rings is 1. The third kappa shape index (κ3) is 4.28. The van der Waals surface area contributed by atoms with Crippen molar-refractivity contribution in [2.45, 2.75) is 91.8 Å². The first-order valence-electron chi connectivity index (χ1n) is 20.4. The quantitative estimate of drug-likeness (QED) is 0.186. The molecule has 4 aromatic rings. The van der Waals surface area contributed by atoms with E-state index in [9.17, 15) is 20.4 Å². The van der Waals surface area contributed by atoms with Crippen molar-refractivity contribution >= 4 is 11.6 Å². The summed E-state index contributed by atoms with van der Waals surface area (Å²) in [5.41, 5.74) is 6.95. The molecule has 5 heterocycles. The molecule has 4 bridgehead atoms. The van der Waals surface area contributed by atoms with E-state index in [1.807, 2.05) is 48.7 Å². The fourth-order valence-corrected chi connectivity index (χ4v) is 13.0. The third-order valence-corrected chi connectivity index (χ3v) is 15.8. The van der Waals surface area contributed by atoms with Crippen LogP contribution in [0.5, 0.6) is 23.0 Å². The number of halogens is 1. The standard InChI is InChI=1S/C29H27ClN2O3.C17H19NO3/c30-21-6-3-17(4-7-21)20-11-19-13-29(34)23-12-18-5-8-22(33)26-24(18)28(29,27(35-26)25(19)31-14-20)9-10-32(23)15-16-1-2-16;1-18-7-6-17-10-3-5-13(20)16(17)21-15-12(19)4-2-9(14(15)17)8-11(10)18/h3-8,11,14,16,23,27,33-34H,1-2,9-10,12-13,15H2;2-5,10-11,13,16,19-20H,6-8H2,1H3/t23-,27-,28-,29+;10-,11+,13-,16-,17-/m00/s1. The van der Waals surface area contributed by atoms with Crippen LogP contribution in [-0.2, 0) is 30.1 Å². The Labute approximate surface area is 331 Å². The Morgan fingerprint density at radius 2 is 1.61 bits per heavy atom. The van der Waals surface area contributed by atoms with Crippen LogP contribution in [0.25, 0.3) is 11.1 Å². The van der Waals surface area contributed by atoms with Gasteiger partial charge in [-0.15, -0.1) is 0 Å². The molecule has 2 saturated heterocycles. The average Bonchev–Trinajstić information content (AvgIpc) is 3.83. The Balaban J connectivity index is 0.000000140. The van der Waals surface area contributed by atoms with Gasteiger partial charge in [0.2, 0.25) is 0 Å². The normalized spacial score (nSPS) is 36.0. The van der Waals surface area contributed by atoms with Crippen LogP contribution < -0.4 is 9.47 Å². The highest BCUT2D eigenvalue weighted by Gasteiger charge is 2.73. The average molecular weight is 772 g/mol. The lowest BCUT2D eigenvalue weighted by atomic mass is 9.49. The number of nitrogens with zero attached hydrogens (tertiary/aromatic N) is 3. The number of phenols is 2. The van der Waals surface area contributed by atoms with E-state index < -0.39 is 23.2 Å². The summed E-state index contributed by atoms with van der Waals surface area (Å²) in [4.78, 5) is 9.93. The maximum Gasteiger partial charge on any atom is 0.166 e. The number of fused-ring (bicyclic) bond motifs is 2. The second-order valence-electron chi connectivity index (χ2n) is 18.1. The minimum absolute atomic E-state index is 0.0262. The highest BCUT2D eigenvalue weighted by molar-refractivity contribution is 6.30. The molecule has 3 fully saturated rings. The number of likely N-dealkylation sites (tertiary alicyclic amines) is 2. The van der Waals surface area contributed by atoms with Crippen LogP contribution in [-0.4, -0.2) is 91.8 Å². The number of benzene rings is 3. The number of aromatic hydroxyl groups is 2. The molecule has 13 rings (SSSR count). The first-order valence-corrected chi connectivity index (χ1v) is 20.8. The second-order valence-corrected chi connectivity index (χ2v) is 18.6. The summed E-state index contributed by atoms with van der Waals surface area (Å²) in [7, 11) is 2.19. The maximum atomic E-state index is 12.8. The van der Waals surface area contributed by atoms with Gasteiger partial charge in [-0.2, -0.15) is 0 Å². The first kappa shape index (κ1) is 34.0. The van der Waals surface area contributed by atoms with Crippen molar-refractivity contribution < 1.29 is 29.9 Å². The molecular formula is C46H46ClN3O6. The van der Waals surface area contributed by atoms with Crippen molar-refractivity contribution in [1.82, 2.24) is 14.8 Å². The van der Waals surface area contributed by atoms with Crippen LogP contribution in [0.2, 0.25) is 5.02 Å². The number of likely N-dealkylation sites (N-methyl/N-ethyl adjacent to an activating group) is 1. The number of hydrogen-bond donors (Lipinski definition) is 4. The van der Waals surface area contributed by atoms with E-state index in [4.69, 9.17) is 26.1 Å². The minimum atomic E-state index is -0.982. The van der Waals surface area contributed by atoms with Crippen molar-refractivity contribution in [1.29, 1.82) is 0 Å². The Kier molecular flexibility index (Phi) is 6.98. The number of phenolic OH excluding ortho intramolecular Hbond substituents is 2. The molecule has 288 valence electrons. The minimum Gasteiger partial charge on any atom is -0.504 e. The fourth-order valence-electron chi connectivity index (χ4n) is 12.9. The number of aromatic nitrogens is 1. The van der Waals surface area contributed by atoms with Gasteiger partial charge in [0.05, 0.1) is 16.7 Å². The molecule has 3 aromatic carbocycles. The lowest BCUT2D eigenvalue weighted by Crippen LogP contribution is -2.74. The molecule has 4 N–H and O–H groups in total. The van der Waals surface area contributed by atoms with Gasteiger partial charge in [0, 0.05) is 64.3 Å². The van der Waals surface area contributed by atoms with Gasteiger partial charge in [0.15, 0.2) is 29.1 Å².